The molecule has 0 spiro atoms. The van der Waals surface area contributed by atoms with Gasteiger partial charge in [-0.25, -0.2) is 9.78 Å². The van der Waals surface area contributed by atoms with E-state index in [1.165, 1.54) is 0 Å². The van der Waals surface area contributed by atoms with Crippen molar-refractivity contribution in [3.05, 3.63) is 35.5 Å². The number of benzene rings is 1. The minimum atomic E-state index is -0.0826. The molecule has 0 unspecified atom stereocenters. The van der Waals surface area contributed by atoms with Crippen LogP contribution in [0.2, 0.25) is 0 Å². The number of aryl methyl sites for hydroxylation is 2. The SMILES string of the molecule is COc1ccc(NC(=O)N2CCN(c3cc(C)nc(N4CCOCC4)n3)CC2)c(C)c1. The van der Waals surface area contributed by atoms with Crippen LogP contribution in [0, 0.1) is 13.8 Å². The topological polar surface area (TPSA) is 83.1 Å². The molecule has 1 aromatic heterocycles. The molecule has 0 radical (unpaired) electrons. The number of hydrogen-bond donors (Lipinski definition) is 1. The smallest absolute Gasteiger partial charge is 0.321 e. The van der Waals surface area contributed by atoms with Crippen LogP contribution in [0.15, 0.2) is 24.3 Å². The summed E-state index contributed by atoms with van der Waals surface area (Å²) >= 11 is 0. The first-order valence-corrected chi connectivity index (χ1v) is 10.7. The van der Waals surface area contributed by atoms with E-state index in [0.717, 1.165) is 60.6 Å². The number of piperazine rings is 1. The molecule has 9 heteroatoms. The van der Waals surface area contributed by atoms with Crippen molar-refractivity contribution in [2.45, 2.75) is 13.8 Å². The number of carbonyl (C=O) groups excluding carboxylic acids is 1. The number of methoxy groups -OCH3 is 1. The molecule has 4 rings (SSSR count). The van der Waals surface area contributed by atoms with Crippen LogP contribution < -0.4 is 19.9 Å². The van der Waals surface area contributed by atoms with Crippen LogP contribution in [0.5, 0.6) is 5.75 Å². The van der Waals surface area contributed by atoms with E-state index < -0.39 is 0 Å². The van der Waals surface area contributed by atoms with Crippen LogP contribution in [-0.2, 0) is 4.74 Å². The Morgan fingerprint density at radius 1 is 1.00 bits per heavy atom. The van der Waals surface area contributed by atoms with Crippen molar-refractivity contribution < 1.29 is 14.3 Å². The molecular formula is C22H30N6O3. The van der Waals surface area contributed by atoms with E-state index >= 15 is 0 Å². The van der Waals surface area contributed by atoms with Crippen LogP contribution in [-0.4, -0.2) is 80.5 Å². The molecule has 2 aromatic rings. The summed E-state index contributed by atoms with van der Waals surface area (Å²) in [5, 5.41) is 3.02. The fourth-order valence-electron chi connectivity index (χ4n) is 3.84. The van der Waals surface area contributed by atoms with Crippen LogP contribution in [0.3, 0.4) is 0 Å². The van der Waals surface area contributed by atoms with Gasteiger partial charge >= 0.3 is 6.03 Å². The number of amides is 2. The van der Waals surface area contributed by atoms with Gasteiger partial charge in [-0.05, 0) is 37.6 Å². The average molecular weight is 427 g/mol. The summed E-state index contributed by atoms with van der Waals surface area (Å²) in [6, 6.07) is 7.57. The molecule has 31 heavy (non-hydrogen) atoms. The highest BCUT2D eigenvalue weighted by molar-refractivity contribution is 5.90. The maximum Gasteiger partial charge on any atom is 0.321 e. The number of nitrogens with one attached hydrogen (secondary N) is 1. The van der Waals surface area contributed by atoms with Crippen molar-refractivity contribution in [2.75, 3.05) is 74.7 Å². The lowest BCUT2D eigenvalue weighted by atomic mass is 10.2. The van der Waals surface area contributed by atoms with E-state index in [4.69, 9.17) is 14.5 Å². The fourth-order valence-corrected chi connectivity index (χ4v) is 3.84. The van der Waals surface area contributed by atoms with Crippen molar-refractivity contribution in [1.29, 1.82) is 0 Å². The Hall–Kier alpha value is -3.07. The van der Waals surface area contributed by atoms with Crippen molar-refractivity contribution in [3.8, 4) is 5.75 Å². The Bertz CT molecular complexity index is 923. The molecule has 0 bridgehead atoms. The third-order valence-corrected chi connectivity index (χ3v) is 5.69. The molecule has 2 saturated heterocycles. The zero-order valence-electron chi connectivity index (χ0n) is 18.4. The molecule has 166 valence electrons. The van der Waals surface area contributed by atoms with Crippen molar-refractivity contribution >= 4 is 23.5 Å². The Balaban J connectivity index is 1.37. The van der Waals surface area contributed by atoms with Gasteiger partial charge in [0.05, 0.1) is 20.3 Å². The van der Waals surface area contributed by atoms with Crippen molar-refractivity contribution in [3.63, 3.8) is 0 Å². The van der Waals surface area contributed by atoms with Gasteiger partial charge in [0.15, 0.2) is 0 Å². The van der Waals surface area contributed by atoms with E-state index in [1.807, 2.05) is 43.0 Å². The number of anilines is 3. The fraction of sp³-hybridized carbons (Fsp3) is 0.500. The molecule has 2 fully saturated rings. The van der Waals surface area contributed by atoms with Gasteiger partial charge < -0.3 is 29.5 Å². The van der Waals surface area contributed by atoms with Gasteiger partial charge in [-0.1, -0.05) is 0 Å². The molecule has 2 amide bonds. The Morgan fingerprint density at radius 3 is 2.42 bits per heavy atom. The number of morpholine rings is 1. The number of urea groups is 1. The zero-order valence-corrected chi connectivity index (χ0v) is 18.4. The number of hydrogen-bond acceptors (Lipinski definition) is 7. The van der Waals surface area contributed by atoms with Gasteiger partial charge in [0.1, 0.15) is 11.6 Å². The number of carbonyl (C=O) groups is 1. The van der Waals surface area contributed by atoms with Crippen molar-refractivity contribution in [2.24, 2.45) is 0 Å². The summed E-state index contributed by atoms with van der Waals surface area (Å²) < 4.78 is 10.7. The van der Waals surface area contributed by atoms with Gasteiger partial charge in [-0.2, -0.15) is 4.98 Å². The Labute approximate surface area is 183 Å². The monoisotopic (exact) mass is 426 g/mol. The van der Waals surface area contributed by atoms with Gasteiger partial charge in [-0.15, -0.1) is 0 Å². The predicted molar refractivity (Wildman–Crippen MR) is 120 cm³/mol. The first-order chi connectivity index (χ1) is 15.0. The third kappa shape index (κ3) is 4.99. The van der Waals surface area contributed by atoms with Gasteiger partial charge in [0, 0.05) is 56.7 Å². The highest BCUT2D eigenvalue weighted by atomic mass is 16.5. The quantitative estimate of drug-likeness (QED) is 0.803. The standard InChI is InChI=1S/C22H30N6O3/c1-16-14-18(30-3)4-5-19(16)24-22(29)28-8-6-26(7-9-28)20-15-17(2)23-21(25-20)27-10-12-31-13-11-27/h4-5,14-15H,6-13H2,1-3H3,(H,24,29). The molecule has 0 saturated carbocycles. The molecular weight excluding hydrogens is 396 g/mol. The summed E-state index contributed by atoms with van der Waals surface area (Å²) in [6.07, 6.45) is 0. The maximum atomic E-state index is 12.8. The number of ether oxygens (including phenoxy) is 2. The maximum absolute atomic E-state index is 12.8. The first-order valence-electron chi connectivity index (χ1n) is 10.7. The summed E-state index contributed by atoms with van der Waals surface area (Å²) in [6.45, 7) is 9.71. The van der Waals surface area contributed by atoms with E-state index in [-0.39, 0.29) is 6.03 Å². The van der Waals surface area contributed by atoms with E-state index in [1.54, 1.807) is 7.11 Å². The minimum Gasteiger partial charge on any atom is -0.497 e. The highest BCUT2D eigenvalue weighted by Gasteiger charge is 2.24. The molecule has 2 aliphatic rings. The number of rotatable bonds is 4. The third-order valence-electron chi connectivity index (χ3n) is 5.69. The highest BCUT2D eigenvalue weighted by Crippen LogP contribution is 2.23. The predicted octanol–water partition coefficient (Wildman–Crippen LogP) is 2.29. The van der Waals surface area contributed by atoms with Gasteiger partial charge in [0.25, 0.3) is 0 Å². The Kier molecular flexibility index (Phi) is 6.41. The van der Waals surface area contributed by atoms with E-state index in [9.17, 15) is 4.79 Å². The van der Waals surface area contributed by atoms with Gasteiger partial charge in [0.2, 0.25) is 5.95 Å². The lowest BCUT2D eigenvalue weighted by Gasteiger charge is -2.36. The molecule has 2 aliphatic heterocycles. The molecule has 0 aliphatic carbocycles. The average Bonchev–Trinajstić information content (AvgIpc) is 2.80. The zero-order chi connectivity index (χ0) is 21.8. The molecule has 1 aromatic carbocycles. The second kappa shape index (κ2) is 9.38. The summed E-state index contributed by atoms with van der Waals surface area (Å²) in [7, 11) is 1.63. The second-order valence-corrected chi connectivity index (χ2v) is 7.85. The normalized spacial score (nSPS) is 16.9. The van der Waals surface area contributed by atoms with Crippen LogP contribution in [0.1, 0.15) is 11.3 Å². The Morgan fingerprint density at radius 2 is 1.74 bits per heavy atom. The first kappa shape index (κ1) is 21.2. The molecule has 0 atom stereocenters. The number of nitrogens with zero attached hydrogens (tertiary/aromatic N) is 5. The van der Waals surface area contributed by atoms with Gasteiger partial charge in [-0.3, -0.25) is 0 Å². The summed E-state index contributed by atoms with van der Waals surface area (Å²) in [5.41, 5.74) is 2.72. The molecule has 1 N–H and O–H groups in total. The van der Waals surface area contributed by atoms with Crippen LogP contribution in [0.25, 0.3) is 0 Å². The van der Waals surface area contributed by atoms with Crippen LogP contribution >= 0.6 is 0 Å². The lowest BCUT2D eigenvalue weighted by Crippen LogP contribution is -2.50. The lowest BCUT2D eigenvalue weighted by molar-refractivity contribution is 0.122. The summed E-state index contributed by atoms with van der Waals surface area (Å²) in [4.78, 5) is 28.4. The number of aromatic nitrogens is 2. The largest absolute Gasteiger partial charge is 0.497 e. The van der Waals surface area contributed by atoms with E-state index in [2.05, 4.69) is 20.1 Å². The van der Waals surface area contributed by atoms with E-state index in [0.29, 0.717) is 26.3 Å². The summed E-state index contributed by atoms with van der Waals surface area (Å²) in [5.74, 6) is 2.45. The minimum absolute atomic E-state index is 0.0826. The van der Waals surface area contributed by atoms with Crippen LogP contribution in [0.4, 0.5) is 22.2 Å². The second-order valence-electron chi connectivity index (χ2n) is 7.85. The molecule has 3 heterocycles. The molecule has 9 nitrogen and oxygen atoms in total. The van der Waals surface area contributed by atoms with Crippen molar-refractivity contribution in [1.82, 2.24) is 14.9 Å².